The van der Waals surface area contributed by atoms with Crippen LogP contribution in [0.5, 0.6) is 0 Å². The summed E-state index contributed by atoms with van der Waals surface area (Å²) in [4.78, 5) is 0. The molecule has 0 aromatic rings. The lowest BCUT2D eigenvalue weighted by Gasteiger charge is -2.06. The second-order valence-corrected chi connectivity index (χ2v) is 5.20. The summed E-state index contributed by atoms with van der Waals surface area (Å²) in [6.07, 6.45) is 0.669. The molecule has 0 aliphatic carbocycles. The Balaban J connectivity index is 3.36. The summed E-state index contributed by atoms with van der Waals surface area (Å²) < 4.78 is 35.1. The van der Waals surface area contributed by atoms with E-state index in [0.717, 1.165) is 0 Å². The van der Waals surface area contributed by atoms with Crippen molar-refractivity contribution in [3.8, 4) is 0 Å². The van der Waals surface area contributed by atoms with Gasteiger partial charge >= 0.3 is 0 Å². The third kappa shape index (κ3) is 10.3. The lowest BCUT2D eigenvalue weighted by molar-refractivity contribution is 0.0699. The van der Waals surface area contributed by atoms with E-state index in [0.29, 0.717) is 39.3 Å². The Labute approximate surface area is 97.7 Å². The molecule has 98 valence electrons. The van der Waals surface area contributed by atoms with E-state index in [4.69, 9.17) is 9.47 Å². The Morgan fingerprint density at radius 3 is 2.50 bits per heavy atom. The lowest BCUT2D eigenvalue weighted by Crippen LogP contribution is -2.31. The number of rotatable bonds is 11. The fourth-order valence-electron chi connectivity index (χ4n) is 0.955. The van der Waals surface area contributed by atoms with Gasteiger partial charge in [0.05, 0.1) is 19.0 Å². The van der Waals surface area contributed by atoms with Crippen LogP contribution in [-0.4, -0.2) is 61.2 Å². The molecule has 16 heavy (non-hydrogen) atoms. The van der Waals surface area contributed by atoms with Gasteiger partial charge in [-0.25, -0.2) is 13.1 Å². The van der Waals surface area contributed by atoms with Crippen molar-refractivity contribution in [2.24, 2.45) is 0 Å². The molecule has 0 heterocycles. The van der Waals surface area contributed by atoms with Crippen molar-refractivity contribution in [2.45, 2.75) is 6.42 Å². The quantitative estimate of drug-likeness (QED) is 0.471. The van der Waals surface area contributed by atoms with Crippen LogP contribution in [0.3, 0.4) is 0 Å². The maximum atomic E-state index is 11.3. The summed E-state index contributed by atoms with van der Waals surface area (Å²) in [6, 6.07) is 0. The van der Waals surface area contributed by atoms with E-state index in [1.807, 2.05) is 0 Å². The Kier molecular flexibility index (Phi) is 9.85. The Hall–Kier alpha value is -0.210. The summed E-state index contributed by atoms with van der Waals surface area (Å²) in [6.45, 7) is 2.52. The fourth-order valence-corrected chi connectivity index (χ4v) is 2.03. The number of hydrogen-bond acceptors (Lipinski definition) is 5. The second-order valence-electron chi connectivity index (χ2n) is 3.28. The van der Waals surface area contributed by atoms with Crippen molar-refractivity contribution in [3.05, 3.63) is 0 Å². The number of methoxy groups -OCH3 is 1. The van der Waals surface area contributed by atoms with Crippen LogP contribution in [0, 0.1) is 0 Å². The van der Waals surface area contributed by atoms with Gasteiger partial charge in [0, 0.05) is 26.8 Å². The fraction of sp³-hybridized carbons (Fsp3) is 1.00. The summed E-state index contributed by atoms with van der Waals surface area (Å²) in [7, 11) is 0.198. The van der Waals surface area contributed by atoms with Gasteiger partial charge in [0.2, 0.25) is 10.0 Å². The second kappa shape index (κ2) is 9.98. The highest BCUT2D eigenvalue weighted by Gasteiger charge is 2.07. The van der Waals surface area contributed by atoms with Crippen molar-refractivity contribution in [1.82, 2.24) is 10.0 Å². The molecule has 7 heteroatoms. The van der Waals surface area contributed by atoms with Gasteiger partial charge in [0.25, 0.3) is 0 Å². The number of nitrogens with one attached hydrogen (secondary N) is 2. The zero-order chi connectivity index (χ0) is 12.3. The van der Waals surface area contributed by atoms with Gasteiger partial charge in [-0.1, -0.05) is 0 Å². The molecule has 0 fully saturated rings. The molecule has 0 rings (SSSR count). The van der Waals surface area contributed by atoms with E-state index in [2.05, 4.69) is 10.0 Å². The molecule has 0 aliphatic rings. The smallest absolute Gasteiger partial charge is 0.212 e. The predicted molar refractivity (Wildman–Crippen MR) is 63.0 cm³/mol. The van der Waals surface area contributed by atoms with Gasteiger partial charge in [-0.3, -0.25) is 0 Å². The van der Waals surface area contributed by atoms with E-state index >= 15 is 0 Å². The molecule has 0 bridgehead atoms. The molecule has 6 nitrogen and oxygen atoms in total. The maximum Gasteiger partial charge on any atom is 0.212 e. The van der Waals surface area contributed by atoms with Gasteiger partial charge in [-0.05, 0) is 13.5 Å². The Morgan fingerprint density at radius 1 is 1.12 bits per heavy atom. The molecule has 0 unspecified atom stereocenters. The molecular formula is C9H22N2O4S. The highest BCUT2D eigenvalue weighted by molar-refractivity contribution is 7.89. The molecule has 2 N–H and O–H groups in total. The average Bonchev–Trinajstić information content (AvgIpc) is 2.25. The molecule has 0 saturated carbocycles. The van der Waals surface area contributed by atoms with Gasteiger partial charge in [0.15, 0.2) is 0 Å². The highest BCUT2D eigenvalue weighted by Crippen LogP contribution is 1.86. The van der Waals surface area contributed by atoms with E-state index in [1.165, 1.54) is 0 Å². The third-order valence-electron chi connectivity index (χ3n) is 1.84. The molecule has 0 saturated heterocycles. The van der Waals surface area contributed by atoms with Crippen molar-refractivity contribution in [3.63, 3.8) is 0 Å². The van der Waals surface area contributed by atoms with Crippen LogP contribution in [0.4, 0.5) is 0 Å². The van der Waals surface area contributed by atoms with Crippen LogP contribution >= 0.6 is 0 Å². The van der Waals surface area contributed by atoms with E-state index in [1.54, 1.807) is 14.2 Å². The summed E-state index contributed by atoms with van der Waals surface area (Å²) >= 11 is 0. The number of ether oxygens (including phenoxy) is 2. The van der Waals surface area contributed by atoms with Crippen LogP contribution in [0.2, 0.25) is 0 Å². The van der Waals surface area contributed by atoms with Crippen molar-refractivity contribution in [1.29, 1.82) is 0 Å². The van der Waals surface area contributed by atoms with Crippen molar-refractivity contribution < 1.29 is 17.9 Å². The van der Waals surface area contributed by atoms with Gasteiger partial charge in [-0.2, -0.15) is 0 Å². The summed E-state index contributed by atoms with van der Waals surface area (Å²) in [5.74, 6) is 0.105. The van der Waals surface area contributed by atoms with Crippen LogP contribution in [0.1, 0.15) is 6.42 Å². The molecular weight excluding hydrogens is 232 g/mol. The molecule has 0 radical (unpaired) electrons. The summed E-state index contributed by atoms with van der Waals surface area (Å²) in [5.41, 5.74) is 0. The minimum atomic E-state index is -3.13. The van der Waals surface area contributed by atoms with E-state index in [9.17, 15) is 8.42 Å². The van der Waals surface area contributed by atoms with Crippen LogP contribution < -0.4 is 10.0 Å². The van der Waals surface area contributed by atoms with Crippen LogP contribution in [0.15, 0.2) is 0 Å². The first-order valence-corrected chi connectivity index (χ1v) is 6.96. The van der Waals surface area contributed by atoms with Gasteiger partial charge in [-0.15, -0.1) is 0 Å². The normalized spacial score (nSPS) is 11.9. The largest absolute Gasteiger partial charge is 0.382 e. The SMILES string of the molecule is CNCCS(=O)(=O)NCCCOCCOC. The van der Waals surface area contributed by atoms with Crippen LogP contribution in [-0.2, 0) is 19.5 Å². The predicted octanol–water partition coefficient (Wildman–Crippen LogP) is -0.822. The first kappa shape index (κ1) is 15.8. The topological polar surface area (TPSA) is 76.7 Å². The van der Waals surface area contributed by atoms with E-state index < -0.39 is 10.0 Å². The third-order valence-corrected chi connectivity index (χ3v) is 3.23. The molecule has 0 atom stereocenters. The zero-order valence-corrected chi connectivity index (χ0v) is 10.8. The highest BCUT2D eigenvalue weighted by atomic mass is 32.2. The molecule has 0 aliphatic heterocycles. The minimum Gasteiger partial charge on any atom is -0.382 e. The van der Waals surface area contributed by atoms with Crippen LogP contribution in [0.25, 0.3) is 0 Å². The first-order valence-electron chi connectivity index (χ1n) is 5.31. The average molecular weight is 254 g/mol. The summed E-state index contributed by atoms with van der Waals surface area (Å²) in [5, 5.41) is 2.79. The lowest BCUT2D eigenvalue weighted by atomic mass is 10.5. The molecule has 0 aromatic carbocycles. The molecule has 0 amide bonds. The first-order chi connectivity index (χ1) is 7.62. The van der Waals surface area contributed by atoms with Crippen molar-refractivity contribution in [2.75, 3.05) is 52.8 Å². The van der Waals surface area contributed by atoms with E-state index in [-0.39, 0.29) is 5.75 Å². The molecule has 0 spiro atoms. The Bertz CT molecular complexity index is 244. The standard InChI is InChI=1S/C9H22N2O4S/c1-10-5-9-16(12,13)11-4-3-6-15-8-7-14-2/h10-11H,3-9H2,1-2H3. The van der Waals surface area contributed by atoms with Gasteiger partial charge < -0.3 is 14.8 Å². The van der Waals surface area contributed by atoms with Gasteiger partial charge in [0.1, 0.15) is 0 Å². The molecule has 0 aromatic heterocycles. The Morgan fingerprint density at radius 2 is 1.88 bits per heavy atom. The maximum absolute atomic E-state index is 11.3. The number of hydrogen-bond donors (Lipinski definition) is 2. The zero-order valence-electron chi connectivity index (χ0n) is 9.99. The van der Waals surface area contributed by atoms with Crippen molar-refractivity contribution >= 4 is 10.0 Å². The number of sulfonamides is 1. The minimum absolute atomic E-state index is 0.105. The monoisotopic (exact) mass is 254 g/mol.